The first-order chi connectivity index (χ1) is 14.1. The Morgan fingerprint density at radius 3 is 2.24 bits per heavy atom. The molecule has 2 aliphatic heterocycles. The van der Waals surface area contributed by atoms with Crippen LogP contribution < -0.4 is 19.5 Å². The number of rotatable bonds is 7. The van der Waals surface area contributed by atoms with Gasteiger partial charge in [0.1, 0.15) is 0 Å². The number of benzene rings is 1. The van der Waals surface area contributed by atoms with Gasteiger partial charge in [-0.25, -0.2) is 0 Å². The number of carbonyl (C=O) groups is 2. The fourth-order valence-electron chi connectivity index (χ4n) is 3.90. The maximum Gasteiger partial charge on any atom is 0.254 e. The van der Waals surface area contributed by atoms with Gasteiger partial charge in [0.05, 0.1) is 27.4 Å². The Balaban J connectivity index is 1.57. The molecule has 0 radical (unpaired) electrons. The lowest BCUT2D eigenvalue weighted by molar-refractivity contribution is -0.126. The third-order valence-corrected chi connectivity index (χ3v) is 5.59. The van der Waals surface area contributed by atoms with Crippen molar-refractivity contribution in [1.29, 1.82) is 0 Å². The summed E-state index contributed by atoms with van der Waals surface area (Å²) in [6.07, 6.45) is 3.49. The molecule has 2 fully saturated rings. The van der Waals surface area contributed by atoms with Gasteiger partial charge in [-0.15, -0.1) is 0 Å². The van der Waals surface area contributed by atoms with Crippen molar-refractivity contribution in [2.75, 3.05) is 47.6 Å². The molecular weight excluding hydrogens is 376 g/mol. The second-order valence-corrected chi connectivity index (χ2v) is 7.36. The summed E-state index contributed by atoms with van der Waals surface area (Å²) in [6.45, 7) is 2.42. The second-order valence-electron chi connectivity index (χ2n) is 7.36. The highest BCUT2D eigenvalue weighted by atomic mass is 16.5. The fourth-order valence-corrected chi connectivity index (χ4v) is 3.90. The van der Waals surface area contributed by atoms with Crippen LogP contribution in [0.3, 0.4) is 0 Å². The average Bonchev–Trinajstić information content (AvgIpc) is 3.29. The molecule has 2 amide bonds. The number of carbonyl (C=O) groups excluding carboxylic acids is 2. The molecule has 0 saturated carbocycles. The van der Waals surface area contributed by atoms with Crippen molar-refractivity contribution in [3.8, 4) is 17.2 Å². The molecule has 1 atom stereocenters. The Bertz CT molecular complexity index is 699. The van der Waals surface area contributed by atoms with Gasteiger partial charge in [-0.3, -0.25) is 9.59 Å². The molecular formula is C21H30N2O6. The van der Waals surface area contributed by atoms with E-state index in [1.807, 2.05) is 0 Å². The standard InChI is InChI=1S/C21H30N2O6/c1-26-17-11-15(12-18(27-2)19(17)28-3)21(25)23-8-6-14(7-9-23)20(24)22-13-16-5-4-10-29-16/h11-12,14,16H,4-10,13H2,1-3H3,(H,22,24)/t16-/m0/s1. The summed E-state index contributed by atoms with van der Waals surface area (Å²) in [7, 11) is 4.56. The zero-order valence-corrected chi connectivity index (χ0v) is 17.4. The van der Waals surface area contributed by atoms with Crippen LogP contribution in [0.15, 0.2) is 12.1 Å². The summed E-state index contributed by atoms with van der Waals surface area (Å²) < 4.78 is 21.5. The summed E-state index contributed by atoms with van der Waals surface area (Å²) >= 11 is 0. The van der Waals surface area contributed by atoms with E-state index >= 15 is 0 Å². The molecule has 2 heterocycles. The monoisotopic (exact) mass is 406 g/mol. The molecule has 0 spiro atoms. The van der Waals surface area contributed by atoms with Gasteiger partial charge in [-0.05, 0) is 37.8 Å². The lowest BCUT2D eigenvalue weighted by Crippen LogP contribution is -2.44. The first-order valence-corrected chi connectivity index (χ1v) is 10.1. The van der Waals surface area contributed by atoms with Crippen molar-refractivity contribution >= 4 is 11.8 Å². The minimum absolute atomic E-state index is 0.0559. The molecule has 29 heavy (non-hydrogen) atoms. The van der Waals surface area contributed by atoms with E-state index in [4.69, 9.17) is 18.9 Å². The van der Waals surface area contributed by atoms with Crippen LogP contribution in [0.4, 0.5) is 0 Å². The van der Waals surface area contributed by atoms with E-state index in [9.17, 15) is 9.59 Å². The van der Waals surface area contributed by atoms with Crippen LogP contribution in [-0.4, -0.2) is 70.4 Å². The van der Waals surface area contributed by atoms with Crippen molar-refractivity contribution in [3.63, 3.8) is 0 Å². The highest BCUT2D eigenvalue weighted by molar-refractivity contribution is 5.96. The number of ether oxygens (including phenoxy) is 4. The largest absolute Gasteiger partial charge is 0.493 e. The number of piperidine rings is 1. The van der Waals surface area contributed by atoms with Gasteiger partial charge >= 0.3 is 0 Å². The lowest BCUT2D eigenvalue weighted by Gasteiger charge is -2.31. The van der Waals surface area contributed by atoms with Crippen molar-refractivity contribution < 1.29 is 28.5 Å². The summed E-state index contributed by atoms with van der Waals surface area (Å²) in [5.74, 6) is 1.22. The molecule has 8 heteroatoms. The van der Waals surface area contributed by atoms with E-state index < -0.39 is 0 Å². The van der Waals surface area contributed by atoms with Crippen molar-refractivity contribution in [2.24, 2.45) is 5.92 Å². The van der Waals surface area contributed by atoms with E-state index in [0.29, 0.717) is 55.3 Å². The van der Waals surface area contributed by atoms with E-state index in [1.54, 1.807) is 17.0 Å². The molecule has 1 aromatic rings. The Labute approximate surface area is 171 Å². The lowest BCUT2D eigenvalue weighted by atomic mass is 9.95. The van der Waals surface area contributed by atoms with Gasteiger partial charge in [0, 0.05) is 37.7 Å². The minimum Gasteiger partial charge on any atom is -0.493 e. The smallest absolute Gasteiger partial charge is 0.254 e. The van der Waals surface area contributed by atoms with Crippen LogP contribution >= 0.6 is 0 Å². The molecule has 1 N–H and O–H groups in total. The zero-order chi connectivity index (χ0) is 20.8. The van der Waals surface area contributed by atoms with Gasteiger partial charge in [0.15, 0.2) is 11.5 Å². The summed E-state index contributed by atoms with van der Waals surface area (Å²) in [5, 5.41) is 3.00. The van der Waals surface area contributed by atoms with Crippen LogP contribution in [-0.2, 0) is 9.53 Å². The third-order valence-electron chi connectivity index (χ3n) is 5.59. The van der Waals surface area contributed by atoms with Crippen LogP contribution in [0.25, 0.3) is 0 Å². The van der Waals surface area contributed by atoms with Crippen LogP contribution in [0.5, 0.6) is 17.2 Å². The number of likely N-dealkylation sites (tertiary alicyclic amines) is 1. The fraction of sp³-hybridized carbons (Fsp3) is 0.619. The molecule has 0 unspecified atom stereocenters. The van der Waals surface area contributed by atoms with Gasteiger partial charge in [-0.2, -0.15) is 0 Å². The number of methoxy groups -OCH3 is 3. The molecule has 0 aliphatic carbocycles. The first kappa shape index (κ1) is 21.2. The Hall–Kier alpha value is -2.48. The number of hydrogen-bond acceptors (Lipinski definition) is 6. The number of amides is 2. The Kier molecular flexibility index (Phi) is 7.19. The van der Waals surface area contributed by atoms with E-state index in [0.717, 1.165) is 19.4 Å². The topological polar surface area (TPSA) is 86.3 Å². The van der Waals surface area contributed by atoms with Crippen LogP contribution in [0.2, 0.25) is 0 Å². The van der Waals surface area contributed by atoms with Crippen molar-refractivity contribution in [1.82, 2.24) is 10.2 Å². The van der Waals surface area contributed by atoms with Crippen molar-refractivity contribution in [3.05, 3.63) is 17.7 Å². The van der Waals surface area contributed by atoms with E-state index in [-0.39, 0.29) is 23.8 Å². The SMILES string of the molecule is COc1cc(C(=O)N2CCC(C(=O)NC[C@@H]3CCCO3)CC2)cc(OC)c1OC. The third kappa shape index (κ3) is 4.93. The summed E-state index contributed by atoms with van der Waals surface area (Å²) in [4.78, 5) is 27.2. The van der Waals surface area contributed by atoms with E-state index in [2.05, 4.69) is 5.32 Å². The number of hydrogen-bond donors (Lipinski definition) is 1. The molecule has 0 aromatic heterocycles. The number of nitrogens with one attached hydrogen (secondary N) is 1. The minimum atomic E-state index is -0.109. The molecule has 8 nitrogen and oxygen atoms in total. The van der Waals surface area contributed by atoms with Gasteiger partial charge in [-0.1, -0.05) is 0 Å². The number of nitrogens with zero attached hydrogens (tertiary/aromatic N) is 1. The maximum absolute atomic E-state index is 13.0. The van der Waals surface area contributed by atoms with Gasteiger partial charge in [0.2, 0.25) is 11.7 Å². The van der Waals surface area contributed by atoms with Crippen molar-refractivity contribution in [2.45, 2.75) is 31.8 Å². The second kappa shape index (κ2) is 9.82. The molecule has 160 valence electrons. The summed E-state index contributed by atoms with van der Waals surface area (Å²) in [6, 6.07) is 3.31. The Morgan fingerprint density at radius 1 is 1.07 bits per heavy atom. The highest BCUT2D eigenvalue weighted by Gasteiger charge is 2.29. The quantitative estimate of drug-likeness (QED) is 0.744. The first-order valence-electron chi connectivity index (χ1n) is 10.1. The molecule has 0 bridgehead atoms. The maximum atomic E-state index is 13.0. The molecule has 3 rings (SSSR count). The predicted octanol–water partition coefficient (Wildman–Crippen LogP) is 1.86. The van der Waals surface area contributed by atoms with E-state index in [1.165, 1.54) is 21.3 Å². The normalized spacial score (nSPS) is 19.7. The van der Waals surface area contributed by atoms with Crippen LogP contribution in [0.1, 0.15) is 36.0 Å². The molecule has 2 saturated heterocycles. The molecule has 1 aromatic carbocycles. The average molecular weight is 406 g/mol. The van der Waals surface area contributed by atoms with Gasteiger partial charge in [0.25, 0.3) is 5.91 Å². The predicted molar refractivity (Wildman–Crippen MR) is 107 cm³/mol. The summed E-state index contributed by atoms with van der Waals surface area (Å²) in [5.41, 5.74) is 0.473. The molecule has 2 aliphatic rings. The Morgan fingerprint density at radius 2 is 1.72 bits per heavy atom. The highest BCUT2D eigenvalue weighted by Crippen LogP contribution is 2.38. The van der Waals surface area contributed by atoms with Gasteiger partial charge < -0.3 is 29.2 Å². The zero-order valence-electron chi connectivity index (χ0n) is 17.4. The van der Waals surface area contributed by atoms with Crippen LogP contribution in [0, 0.1) is 5.92 Å².